The van der Waals surface area contributed by atoms with Gasteiger partial charge in [-0.3, -0.25) is 19.1 Å². The zero-order valence-corrected chi connectivity index (χ0v) is 17.9. The minimum absolute atomic E-state index is 0.0488. The highest BCUT2D eigenvalue weighted by Gasteiger charge is 2.28. The van der Waals surface area contributed by atoms with Gasteiger partial charge in [0, 0.05) is 51.0 Å². The lowest BCUT2D eigenvalue weighted by molar-refractivity contribution is -0.132. The Morgan fingerprint density at radius 3 is 2.84 bits per heavy atom. The topological polar surface area (TPSA) is 110 Å². The number of amides is 1. The molecule has 1 amide bonds. The van der Waals surface area contributed by atoms with Gasteiger partial charge in [-0.05, 0) is 26.2 Å². The number of ketones is 1. The molecule has 9 nitrogen and oxygen atoms in total. The normalized spacial score (nSPS) is 16.9. The molecule has 0 aliphatic carbocycles. The number of carbonyl (C=O) groups is 2. The van der Waals surface area contributed by atoms with E-state index in [1.165, 1.54) is 0 Å². The highest BCUT2D eigenvalue weighted by atomic mass is 16.5. The van der Waals surface area contributed by atoms with Crippen LogP contribution in [0.4, 0.5) is 0 Å². The van der Waals surface area contributed by atoms with Crippen LogP contribution in [-0.2, 0) is 35.5 Å². The van der Waals surface area contributed by atoms with Crippen LogP contribution in [0, 0.1) is 5.92 Å². The number of Topliss-reactive ketones (excluding diaryl/α,β-unsaturated/α-hetero) is 1. The van der Waals surface area contributed by atoms with E-state index in [2.05, 4.69) is 15.1 Å². The predicted molar refractivity (Wildman–Crippen MR) is 113 cm³/mol. The third-order valence-corrected chi connectivity index (χ3v) is 6.14. The monoisotopic (exact) mass is 427 g/mol. The van der Waals surface area contributed by atoms with Crippen molar-refractivity contribution in [3.8, 4) is 0 Å². The predicted octanol–water partition coefficient (Wildman–Crippen LogP) is 1.50. The summed E-state index contributed by atoms with van der Waals surface area (Å²) < 4.78 is 7.07. The molecule has 4 rings (SSSR count). The molecule has 0 unspecified atom stereocenters. The third kappa shape index (κ3) is 4.92. The molecule has 0 radical (unpaired) electrons. The number of hydrogen-bond donors (Lipinski definition) is 1. The Hall–Kier alpha value is -2.81. The van der Waals surface area contributed by atoms with Gasteiger partial charge in [-0.15, -0.1) is 0 Å². The molecule has 0 saturated carbocycles. The van der Waals surface area contributed by atoms with Gasteiger partial charge in [0.1, 0.15) is 5.82 Å². The van der Waals surface area contributed by atoms with Crippen molar-refractivity contribution in [2.75, 3.05) is 19.7 Å². The summed E-state index contributed by atoms with van der Waals surface area (Å²) in [5.74, 6) is 0.806. The summed E-state index contributed by atoms with van der Waals surface area (Å²) in [6, 6.07) is 0. The van der Waals surface area contributed by atoms with Gasteiger partial charge in [0.2, 0.25) is 5.91 Å². The van der Waals surface area contributed by atoms with Gasteiger partial charge in [0.25, 0.3) is 5.56 Å². The molecule has 2 aromatic heterocycles. The fraction of sp³-hybridized carbons (Fsp3) is 0.591. The lowest BCUT2D eigenvalue weighted by Gasteiger charge is -2.31. The Morgan fingerprint density at radius 2 is 2.10 bits per heavy atom. The van der Waals surface area contributed by atoms with E-state index in [1.807, 2.05) is 11.8 Å². The third-order valence-electron chi connectivity index (χ3n) is 6.14. The molecule has 2 aromatic rings. The van der Waals surface area contributed by atoms with E-state index >= 15 is 0 Å². The Kier molecular flexibility index (Phi) is 6.60. The number of carbonyl (C=O) groups excluding carboxylic acids is 2. The Labute approximate surface area is 180 Å². The van der Waals surface area contributed by atoms with Gasteiger partial charge >= 0.3 is 0 Å². The van der Waals surface area contributed by atoms with Crippen molar-refractivity contribution in [2.45, 2.75) is 58.6 Å². The van der Waals surface area contributed by atoms with Gasteiger partial charge in [0.15, 0.2) is 5.78 Å². The number of ether oxygens (including phenoxy) is 1. The van der Waals surface area contributed by atoms with Gasteiger partial charge < -0.3 is 14.6 Å². The molecule has 2 aliphatic heterocycles. The van der Waals surface area contributed by atoms with Crippen molar-refractivity contribution in [2.24, 2.45) is 5.92 Å². The fourth-order valence-corrected chi connectivity index (χ4v) is 4.27. The minimum Gasteiger partial charge on any atom is -0.376 e. The zero-order valence-electron chi connectivity index (χ0n) is 17.9. The fourth-order valence-electron chi connectivity index (χ4n) is 4.27. The SMILES string of the molecule is CCn1cc(C(=O)C2CCN(C(=O)CCCc3nc4c(c(=O)[nH]3)COCC4)CC2)cn1. The van der Waals surface area contributed by atoms with E-state index in [-0.39, 0.29) is 23.2 Å². The number of H-pyrrole nitrogens is 1. The number of likely N-dealkylation sites (tertiary alicyclic amines) is 1. The first-order valence-electron chi connectivity index (χ1n) is 11.1. The van der Waals surface area contributed by atoms with Crippen LogP contribution in [-0.4, -0.2) is 56.0 Å². The summed E-state index contributed by atoms with van der Waals surface area (Å²) in [7, 11) is 0. The molecule has 1 N–H and O–H groups in total. The van der Waals surface area contributed by atoms with E-state index in [4.69, 9.17) is 4.74 Å². The van der Waals surface area contributed by atoms with E-state index in [9.17, 15) is 14.4 Å². The largest absolute Gasteiger partial charge is 0.376 e. The first-order valence-corrected chi connectivity index (χ1v) is 11.1. The van der Waals surface area contributed by atoms with E-state index in [0.29, 0.717) is 81.8 Å². The lowest BCUT2D eigenvalue weighted by Crippen LogP contribution is -2.40. The number of rotatable bonds is 7. The maximum Gasteiger partial charge on any atom is 0.256 e. The van der Waals surface area contributed by atoms with Crippen LogP contribution >= 0.6 is 0 Å². The number of nitrogens with one attached hydrogen (secondary N) is 1. The van der Waals surface area contributed by atoms with Crippen LogP contribution in [0.1, 0.15) is 60.0 Å². The average Bonchev–Trinajstić information content (AvgIpc) is 3.28. The minimum atomic E-state index is -0.137. The smallest absolute Gasteiger partial charge is 0.256 e. The number of aromatic amines is 1. The molecular formula is C22H29N5O4. The molecule has 1 fully saturated rings. The molecule has 9 heteroatoms. The molecule has 0 bridgehead atoms. The van der Waals surface area contributed by atoms with E-state index < -0.39 is 0 Å². The summed E-state index contributed by atoms with van der Waals surface area (Å²) in [6.07, 6.45) is 7.05. The zero-order chi connectivity index (χ0) is 21.8. The van der Waals surface area contributed by atoms with Crippen LogP contribution in [0.15, 0.2) is 17.2 Å². The van der Waals surface area contributed by atoms with Gasteiger partial charge in [-0.25, -0.2) is 4.98 Å². The first-order chi connectivity index (χ1) is 15.0. The van der Waals surface area contributed by atoms with Crippen LogP contribution in [0.5, 0.6) is 0 Å². The second kappa shape index (κ2) is 9.55. The standard InChI is InChI=1S/C22H29N5O4/c1-2-27-13-16(12-23-27)21(29)15-6-9-26(10-7-15)20(28)5-3-4-19-24-18-8-11-31-14-17(18)22(30)25-19/h12-13,15H,2-11,14H2,1H3,(H,24,25,30). The number of nitrogens with zero attached hydrogens (tertiary/aromatic N) is 4. The average molecular weight is 428 g/mol. The molecule has 0 aromatic carbocycles. The number of hydrogen-bond acceptors (Lipinski definition) is 6. The molecule has 166 valence electrons. The number of fused-ring (bicyclic) bond motifs is 1. The van der Waals surface area contributed by atoms with E-state index in [0.717, 1.165) is 12.2 Å². The summed E-state index contributed by atoms with van der Waals surface area (Å²) in [6.45, 7) is 4.83. The Balaban J connectivity index is 1.24. The van der Waals surface area contributed by atoms with Crippen molar-refractivity contribution in [3.05, 3.63) is 45.4 Å². The number of aromatic nitrogens is 4. The molecule has 0 atom stereocenters. The second-order valence-corrected chi connectivity index (χ2v) is 8.20. The highest BCUT2D eigenvalue weighted by molar-refractivity contribution is 5.97. The summed E-state index contributed by atoms with van der Waals surface area (Å²) in [5.41, 5.74) is 1.95. The van der Waals surface area contributed by atoms with Crippen LogP contribution in [0.2, 0.25) is 0 Å². The first kappa shape index (κ1) is 21.4. The van der Waals surface area contributed by atoms with E-state index in [1.54, 1.807) is 17.1 Å². The van der Waals surface area contributed by atoms with Crippen molar-refractivity contribution >= 4 is 11.7 Å². The summed E-state index contributed by atoms with van der Waals surface area (Å²) in [4.78, 5) is 46.6. The molecule has 1 saturated heterocycles. The van der Waals surface area contributed by atoms with Crippen LogP contribution in [0.3, 0.4) is 0 Å². The highest BCUT2D eigenvalue weighted by Crippen LogP contribution is 2.22. The van der Waals surface area contributed by atoms with Crippen molar-refractivity contribution in [1.82, 2.24) is 24.6 Å². The molecule has 4 heterocycles. The summed E-state index contributed by atoms with van der Waals surface area (Å²) >= 11 is 0. The van der Waals surface area contributed by atoms with Crippen molar-refractivity contribution in [1.29, 1.82) is 0 Å². The van der Waals surface area contributed by atoms with Crippen LogP contribution < -0.4 is 5.56 Å². The molecule has 31 heavy (non-hydrogen) atoms. The Morgan fingerprint density at radius 1 is 1.29 bits per heavy atom. The van der Waals surface area contributed by atoms with Crippen molar-refractivity contribution in [3.63, 3.8) is 0 Å². The van der Waals surface area contributed by atoms with Crippen LogP contribution in [0.25, 0.3) is 0 Å². The second-order valence-electron chi connectivity index (χ2n) is 8.20. The van der Waals surface area contributed by atoms with Gasteiger partial charge in [-0.2, -0.15) is 5.10 Å². The Bertz CT molecular complexity index is 1000. The molecule has 2 aliphatic rings. The molecule has 0 spiro atoms. The maximum atomic E-state index is 12.7. The van der Waals surface area contributed by atoms with Crippen molar-refractivity contribution < 1.29 is 14.3 Å². The number of aryl methyl sites for hydroxylation is 2. The summed E-state index contributed by atoms with van der Waals surface area (Å²) in [5, 5.41) is 4.18. The maximum absolute atomic E-state index is 12.7. The quantitative estimate of drug-likeness (QED) is 0.671. The van der Waals surface area contributed by atoms with Gasteiger partial charge in [0.05, 0.1) is 36.2 Å². The van der Waals surface area contributed by atoms with Gasteiger partial charge in [-0.1, -0.05) is 0 Å². The lowest BCUT2D eigenvalue weighted by atomic mass is 9.90. The molecular weight excluding hydrogens is 398 g/mol. The number of piperidine rings is 1.